The van der Waals surface area contributed by atoms with Crippen molar-refractivity contribution in [3.8, 4) is 0 Å². The van der Waals surface area contributed by atoms with Gasteiger partial charge in [-0.15, -0.1) is 0 Å². The molecule has 0 amide bonds. The van der Waals surface area contributed by atoms with E-state index in [2.05, 4.69) is 6.58 Å². The highest BCUT2D eigenvalue weighted by atomic mass is 16.5. The van der Waals surface area contributed by atoms with Crippen molar-refractivity contribution < 1.29 is 14.6 Å². The Kier molecular flexibility index (Phi) is 12.3. The molecule has 0 saturated heterocycles. The van der Waals surface area contributed by atoms with Crippen molar-refractivity contribution in [1.82, 2.24) is 0 Å². The van der Waals surface area contributed by atoms with Crippen molar-refractivity contribution in [2.45, 2.75) is 20.8 Å². The third kappa shape index (κ3) is 13.1. The van der Waals surface area contributed by atoms with Gasteiger partial charge in [-0.1, -0.05) is 38.7 Å². The summed E-state index contributed by atoms with van der Waals surface area (Å²) in [6.07, 6.45) is 6.75. The smallest absolute Gasteiger partial charge is 0.341 e. The van der Waals surface area contributed by atoms with Crippen LogP contribution in [0.4, 0.5) is 0 Å². The molecule has 0 aromatic carbocycles. The fourth-order valence-electron chi connectivity index (χ4n) is 0.493. The summed E-state index contributed by atoms with van der Waals surface area (Å²) in [5.74, 6) is -0.411. The first-order chi connectivity index (χ1) is 6.66. The molecule has 80 valence electrons. The lowest BCUT2D eigenvalue weighted by atomic mass is 10.4. The van der Waals surface area contributed by atoms with Crippen molar-refractivity contribution in [3.63, 3.8) is 0 Å². The average molecular weight is 198 g/mol. The van der Waals surface area contributed by atoms with Crippen molar-refractivity contribution >= 4 is 5.97 Å². The molecule has 3 heteroatoms. The Morgan fingerprint density at radius 2 is 2.00 bits per heavy atom. The third-order valence-corrected chi connectivity index (χ3v) is 1.00. The summed E-state index contributed by atoms with van der Waals surface area (Å²) in [5.41, 5.74) is 0. The van der Waals surface area contributed by atoms with E-state index in [0.29, 0.717) is 5.76 Å². The molecule has 3 nitrogen and oxygen atoms in total. The van der Waals surface area contributed by atoms with E-state index < -0.39 is 5.97 Å². The minimum absolute atomic E-state index is 0.301. The highest BCUT2D eigenvalue weighted by molar-refractivity contribution is 5.68. The summed E-state index contributed by atoms with van der Waals surface area (Å²) in [5, 5.41) is 8.25. The van der Waals surface area contributed by atoms with Gasteiger partial charge in [0.25, 0.3) is 0 Å². The van der Waals surface area contributed by atoms with Crippen LogP contribution in [0.25, 0.3) is 0 Å². The summed E-state index contributed by atoms with van der Waals surface area (Å²) in [4.78, 5) is 10.0. The lowest BCUT2D eigenvalue weighted by Gasteiger charge is -1.99. The molecule has 0 rings (SSSR count). The van der Waals surface area contributed by atoms with Gasteiger partial charge in [0, 0.05) is 0 Å². The maximum absolute atomic E-state index is 10.0. The molecule has 0 saturated carbocycles. The minimum Gasteiger partial charge on any atom is -0.487 e. The largest absolute Gasteiger partial charge is 0.487 e. The fourth-order valence-corrected chi connectivity index (χ4v) is 0.493. The van der Waals surface area contributed by atoms with Crippen LogP contribution in [0.15, 0.2) is 36.6 Å². The predicted molar refractivity (Wildman–Crippen MR) is 58.0 cm³/mol. The summed E-state index contributed by atoms with van der Waals surface area (Å²) in [7, 11) is 0. The van der Waals surface area contributed by atoms with Gasteiger partial charge >= 0.3 is 5.97 Å². The molecule has 1 N–H and O–H groups in total. The number of carboxylic acid groups (broad SMARTS) is 1. The van der Waals surface area contributed by atoms with E-state index in [1.54, 1.807) is 31.2 Å². The SMILES string of the molecule is C=C/C=C\C=C(/C)OCC(=O)O.CC. The Labute approximate surface area is 85.4 Å². The van der Waals surface area contributed by atoms with Crippen LogP contribution in [0.1, 0.15) is 20.8 Å². The third-order valence-electron chi connectivity index (χ3n) is 1.00. The molecule has 0 fully saturated rings. The highest BCUT2D eigenvalue weighted by Crippen LogP contribution is 1.95. The first-order valence-electron chi connectivity index (χ1n) is 4.47. The lowest BCUT2D eigenvalue weighted by Crippen LogP contribution is -2.05. The standard InChI is InChI=1S/C9H12O3.C2H6/c1-3-4-5-6-8(2)12-7-9(10)11;1-2/h3-6H,1,7H2,2H3,(H,10,11);1-2H3/b5-4-,8-6+;. The van der Waals surface area contributed by atoms with E-state index in [-0.39, 0.29) is 6.61 Å². The molecule has 0 atom stereocenters. The topological polar surface area (TPSA) is 46.5 Å². The number of allylic oxidation sites excluding steroid dienone is 5. The summed E-state index contributed by atoms with van der Waals surface area (Å²) >= 11 is 0. The molecule has 0 aliphatic carbocycles. The number of ether oxygens (including phenoxy) is 1. The Bertz CT molecular complexity index is 215. The predicted octanol–water partition coefficient (Wildman–Crippen LogP) is 2.76. The second-order valence-electron chi connectivity index (χ2n) is 2.08. The highest BCUT2D eigenvalue weighted by Gasteiger charge is 1.95. The van der Waals surface area contributed by atoms with E-state index >= 15 is 0 Å². The van der Waals surface area contributed by atoms with Crippen LogP contribution in [0.3, 0.4) is 0 Å². The van der Waals surface area contributed by atoms with Crippen LogP contribution < -0.4 is 0 Å². The number of hydrogen-bond donors (Lipinski definition) is 1. The molecule has 0 radical (unpaired) electrons. The number of carbonyl (C=O) groups is 1. The molecule has 0 aromatic rings. The van der Waals surface area contributed by atoms with Crippen LogP contribution in [0.2, 0.25) is 0 Å². The number of rotatable bonds is 5. The molecule has 0 aromatic heterocycles. The van der Waals surface area contributed by atoms with Gasteiger partial charge in [-0.2, -0.15) is 0 Å². The van der Waals surface area contributed by atoms with Crippen LogP contribution in [-0.4, -0.2) is 17.7 Å². The molecular weight excluding hydrogens is 180 g/mol. The van der Waals surface area contributed by atoms with E-state index in [1.807, 2.05) is 13.8 Å². The van der Waals surface area contributed by atoms with Crippen LogP contribution in [-0.2, 0) is 9.53 Å². The molecule has 0 heterocycles. The second-order valence-corrected chi connectivity index (χ2v) is 2.08. The minimum atomic E-state index is -0.976. The van der Waals surface area contributed by atoms with Gasteiger partial charge in [0.15, 0.2) is 6.61 Å². The number of aliphatic carboxylic acids is 1. The van der Waals surface area contributed by atoms with Gasteiger partial charge in [0.05, 0.1) is 5.76 Å². The maximum atomic E-state index is 10.0. The first kappa shape index (κ1) is 15.0. The zero-order valence-corrected chi connectivity index (χ0v) is 8.99. The van der Waals surface area contributed by atoms with Crippen LogP contribution >= 0.6 is 0 Å². The molecule has 0 aliphatic heterocycles. The van der Waals surface area contributed by atoms with Crippen molar-refractivity contribution in [3.05, 3.63) is 36.6 Å². The normalized spacial score (nSPS) is 10.4. The Balaban J connectivity index is 0. The lowest BCUT2D eigenvalue weighted by molar-refractivity contribution is -0.140. The number of carboxylic acids is 1. The van der Waals surface area contributed by atoms with Crippen molar-refractivity contribution in [2.24, 2.45) is 0 Å². The maximum Gasteiger partial charge on any atom is 0.341 e. The van der Waals surface area contributed by atoms with Crippen LogP contribution in [0.5, 0.6) is 0 Å². The molecule has 0 aliphatic rings. The molecule has 14 heavy (non-hydrogen) atoms. The number of hydrogen-bond acceptors (Lipinski definition) is 2. The van der Waals surface area contributed by atoms with Gasteiger partial charge in [-0.3, -0.25) is 0 Å². The monoisotopic (exact) mass is 198 g/mol. The summed E-state index contributed by atoms with van der Waals surface area (Å²) in [6, 6.07) is 0. The van der Waals surface area contributed by atoms with Gasteiger partial charge in [0.1, 0.15) is 0 Å². The zero-order chi connectivity index (χ0) is 11.4. The van der Waals surface area contributed by atoms with E-state index in [9.17, 15) is 4.79 Å². The van der Waals surface area contributed by atoms with Crippen molar-refractivity contribution in [1.29, 1.82) is 0 Å². The average Bonchev–Trinajstić information content (AvgIpc) is 2.18. The van der Waals surface area contributed by atoms with E-state index in [1.165, 1.54) is 0 Å². The second kappa shape index (κ2) is 11.5. The van der Waals surface area contributed by atoms with Gasteiger partial charge in [-0.25, -0.2) is 4.79 Å². The Hall–Kier alpha value is -1.51. The fraction of sp³-hybridized carbons (Fsp3) is 0.364. The van der Waals surface area contributed by atoms with E-state index in [4.69, 9.17) is 9.84 Å². The Morgan fingerprint density at radius 1 is 1.43 bits per heavy atom. The van der Waals surface area contributed by atoms with Gasteiger partial charge in [-0.05, 0) is 13.0 Å². The van der Waals surface area contributed by atoms with E-state index in [0.717, 1.165) is 0 Å². The van der Waals surface area contributed by atoms with Gasteiger partial charge in [0.2, 0.25) is 0 Å². The summed E-state index contributed by atoms with van der Waals surface area (Å²) in [6.45, 7) is 8.87. The summed E-state index contributed by atoms with van der Waals surface area (Å²) < 4.78 is 4.83. The molecule has 0 spiro atoms. The van der Waals surface area contributed by atoms with Crippen LogP contribution in [0, 0.1) is 0 Å². The van der Waals surface area contributed by atoms with Gasteiger partial charge < -0.3 is 9.84 Å². The first-order valence-corrected chi connectivity index (χ1v) is 4.47. The zero-order valence-electron chi connectivity index (χ0n) is 8.99. The molecular formula is C11H18O3. The Morgan fingerprint density at radius 3 is 2.43 bits per heavy atom. The quantitative estimate of drug-likeness (QED) is 0.545. The van der Waals surface area contributed by atoms with Crippen molar-refractivity contribution in [2.75, 3.05) is 6.61 Å². The molecule has 0 bridgehead atoms. The molecule has 0 unspecified atom stereocenters.